The van der Waals surface area contributed by atoms with Gasteiger partial charge in [0.1, 0.15) is 0 Å². The molecule has 19 heavy (non-hydrogen) atoms. The molecule has 1 aromatic rings. The van der Waals surface area contributed by atoms with Crippen LogP contribution in [-0.4, -0.2) is 29.1 Å². The Morgan fingerprint density at radius 2 is 1.95 bits per heavy atom. The molecule has 0 aliphatic heterocycles. The van der Waals surface area contributed by atoms with Gasteiger partial charge < -0.3 is 13.6 Å². The van der Waals surface area contributed by atoms with Crippen LogP contribution in [0.4, 0.5) is 0 Å². The lowest BCUT2D eigenvalue weighted by Crippen LogP contribution is -2.24. The molecule has 0 bridgehead atoms. The van der Waals surface area contributed by atoms with Gasteiger partial charge in [0, 0.05) is 25.9 Å². The molecule has 0 N–H and O–H groups in total. The van der Waals surface area contributed by atoms with Gasteiger partial charge in [-0.1, -0.05) is 30.9 Å². The second-order valence-electron chi connectivity index (χ2n) is 3.99. The Labute approximate surface area is 118 Å². The first-order valence-corrected chi connectivity index (χ1v) is 8.23. The van der Waals surface area contributed by atoms with Crippen LogP contribution in [0, 0.1) is 0 Å². The highest BCUT2D eigenvalue weighted by atomic mass is 28.3. The van der Waals surface area contributed by atoms with Crippen LogP contribution in [0.5, 0.6) is 0 Å². The van der Waals surface area contributed by atoms with E-state index >= 15 is 0 Å². The second-order valence-corrected chi connectivity index (χ2v) is 5.81. The molecule has 0 unspecified atom stereocenters. The standard InChI is InChI=1S/C15H23O3Si/c1-4-14-8-7-9-15(12-14)13-16-10-11-19(17-5-2)18-6-3/h4,7-9,12H,1,5-6,10-11,13H2,2-3H3. The number of hydrogen-bond donors (Lipinski definition) is 0. The van der Waals surface area contributed by atoms with Crippen molar-refractivity contribution in [3.63, 3.8) is 0 Å². The molecule has 0 heterocycles. The van der Waals surface area contributed by atoms with Crippen LogP contribution in [0.25, 0.3) is 6.08 Å². The van der Waals surface area contributed by atoms with E-state index in [1.54, 1.807) is 0 Å². The highest BCUT2D eigenvalue weighted by molar-refractivity contribution is 6.44. The smallest absolute Gasteiger partial charge is 0.386 e. The summed E-state index contributed by atoms with van der Waals surface area (Å²) in [5, 5.41) is 0. The van der Waals surface area contributed by atoms with E-state index in [2.05, 4.69) is 18.7 Å². The molecule has 0 saturated carbocycles. The Bertz CT molecular complexity index is 362. The zero-order chi connectivity index (χ0) is 13.9. The minimum atomic E-state index is -1.15. The van der Waals surface area contributed by atoms with Crippen molar-refractivity contribution in [3.8, 4) is 0 Å². The van der Waals surface area contributed by atoms with Gasteiger partial charge in [-0.2, -0.15) is 0 Å². The zero-order valence-corrected chi connectivity index (χ0v) is 12.9. The largest absolute Gasteiger partial charge is 0.394 e. The molecule has 1 radical (unpaired) electrons. The summed E-state index contributed by atoms with van der Waals surface area (Å²) >= 11 is 0. The normalized spacial score (nSPS) is 10.9. The van der Waals surface area contributed by atoms with Crippen molar-refractivity contribution in [2.24, 2.45) is 0 Å². The third-order valence-electron chi connectivity index (χ3n) is 2.52. The molecule has 0 atom stereocenters. The number of ether oxygens (including phenoxy) is 1. The maximum atomic E-state index is 5.67. The van der Waals surface area contributed by atoms with Gasteiger partial charge in [-0.25, -0.2) is 0 Å². The van der Waals surface area contributed by atoms with Crippen molar-refractivity contribution in [2.75, 3.05) is 19.8 Å². The fourth-order valence-corrected chi connectivity index (χ4v) is 2.99. The van der Waals surface area contributed by atoms with Gasteiger partial charge in [0.15, 0.2) is 0 Å². The van der Waals surface area contributed by atoms with Gasteiger partial charge in [0.05, 0.1) is 6.61 Å². The highest BCUT2D eigenvalue weighted by Crippen LogP contribution is 2.08. The first kappa shape index (κ1) is 16.1. The highest BCUT2D eigenvalue weighted by Gasteiger charge is 2.13. The van der Waals surface area contributed by atoms with Crippen molar-refractivity contribution in [3.05, 3.63) is 42.0 Å². The van der Waals surface area contributed by atoms with E-state index in [0.29, 0.717) is 26.4 Å². The van der Waals surface area contributed by atoms with Crippen LogP contribution < -0.4 is 0 Å². The van der Waals surface area contributed by atoms with Crippen molar-refractivity contribution < 1.29 is 13.6 Å². The fourth-order valence-electron chi connectivity index (χ4n) is 1.66. The van der Waals surface area contributed by atoms with Crippen molar-refractivity contribution in [1.82, 2.24) is 0 Å². The first-order valence-electron chi connectivity index (χ1n) is 6.70. The topological polar surface area (TPSA) is 27.7 Å². The van der Waals surface area contributed by atoms with Crippen LogP contribution in [-0.2, 0) is 20.2 Å². The van der Waals surface area contributed by atoms with Gasteiger partial charge in [0.25, 0.3) is 0 Å². The number of hydrogen-bond acceptors (Lipinski definition) is 3. The molecular weight excluding hydrogens is 256 g/mol. The molecule has 4 heteroatoms. The van der Waals surface area contributed by atoms with Gasteiger partial charge in [-0.3, -0.25) is 0 Å². The number of rotatable bonds is 10. The summed E-state index contributed by atoms with van der Waals surface area (Å²) in [6, 6.07) is 9.05. The lowest BCUT2D eigenvalue weighted by molar-refractivity contribution is 0.122. The summed E-state index contributed by atoms with van der Waals surface area (Å²) in [6.07, 6.45) is 1.84. The first-order chi connectivity index (χ1) is 9.30. The van der Waals surface area contributed by atoms with E-state index in [0.717, 1.165) is 11.6 Å². The third kappa shape index (κ3) is 6.68. The molecule has 0 spiro atoms. The number of benzene rings is 1. The summed E-state index contributed by atoms with van der Waals surface area (Å²) in [5.41, 5.74) is 2.29. The zero-order valence-electron chi connectivity index (χ0n) is 11.9. The second kappa shape index (κ2) is 9.92. The maximum Gasteiger partial charge on any atom is 0.386 e. The molecule has 0 aliphatic carbocycles. The van der Waals surface area contributed by atoms with Crippen LogP contribution >= 0.6 is 0 Å². The van der Waals surface area contributed by atoms with Crippen LogP contribution in [0.15, 0.2) is 30.8 Å². The van der Waals surface area contributed by atoms with E-state index in [1.807, 2.05) is 32.1 Å². The predicted molar refractivity (Wildman–Crippen MR) is 80.0 cm³/mol. The molecule has 0 fully saturated rings. The Balaban J connectivity index is 2.26. The van der Waals surface area contributed by atoms with Gasteiger partial charge in [-0.05, 0) is 31.0 Å². The SMILES string of the molecule is C=Cc1cccc(COCC[Si](OCC)OCC)c1. The monoisotopic (exact) mass is 279 g/mol. The molecule has 3 nitrogen and oxygen atoms in total. The quantitative estimate of drug-likeness (QED) is 0.485. The van der Waals surface area contributed by atoms with Gasteiger partial charge in [-0.15, -0.1) is 0 Å². The molecule has 1 rings (SSSR count). The lowest BCUT2D eigenvalue weighted by Gasteiger charge is -2.13. The molecule has 105 valence electrons. The van der Waals surface area contributed by atoms with E-state index in [9.17, 15) is 0 Å². The summed E-state index contributed by atoms with van der Waals surface area (Å²) < 4.78 is 16.8. The summed E-state index contributed by atoms with van der Waals surface area (Å²) in [5.74, 6) is 0. The molecule has 0 amide bonds. The van der Waals surface area contributed by atoms with Crippen LogP contribution in [0.3, 0.4) is 0 Å². The van der Waals surface area contributed by atoms with E-state index in [-0.39, 0.29) is 0 Å². The van der Waals surface area contributed by atoms with Crippen LogP contribution in [0.2, 0.25) is 6.04 Å². The van der Waals surface area contributed by atoms with E-state index in [1.165, 1.54) is 5.56 Å². The minimum Gasteiger partial charge on any atom is -0.394 e. The Hall–Kier alpha value is -0.943. The average molecular weight is 279 g/mol. The van der Waals surface area contributed by atoms with Crippen molar-refractivity contribution in [2.45, 2.75) is 26.5 Å². The summed E-state index contributed by atoms with van der Waals surface area (Å²) in [6.45, 7) is 10.4. The molecule has 1 aromatic carbocycles. The van der Waals surface area contributed by atoms with Crippen molar-refractivity contribution in [1.29, 1.82) is 0 Å². The van der Waals surface area contributed by atoms with E-state index in [4.69, 9.17) is 13.6 Å². The third-order valence-corrected chi connectivity index (χ3v) is 4.35. The van der Waals surface area contributed by atoms with Crippen LogP contribution in [0.1, 0.15) is 25.0 Å². The Morgan fingerprint density at radius 3 is 2.58 bits per heavy atom. The minimum absolute atomic E-state index is 0.620. The van der Waals surface area contributed by atoms with Crippen molar-refractivity contribution >= 4 is 15.4 Å². The maximum absolute atomic E-state index is 5.67. The lowest BCUT2D eigenvalue weighted by atomic mass is 10.1. The molecule has 0 aliphatic rings. The molecular formula is C15H23O3Si. The predicted octanol–water partition coefficient (Wildman–Crippen LogP) is 3.41. The Morgan fingerprint density at radius 1 is 1.21 bits per heavy atom. The molecule has 0 aromatic heterocycles. The van der Waals surface area contributed by atoms with Gasteiger partial charge >= 0.3 is 9.28 Å². The molecule has 0 saturated heterocycles. The van der Waals surface area contributed by atoms with E-state index < -0.39 is 9.28 Å². The Kier molecular flexibility index (Phi) is 8.41. The average Bonchev–Trinajstić information content (AvgIpc) is 2.44. The summed E-state index contributed by atoms with van der Waals surface area (Å²) in [4.78, 5) is 0. The summed E-state index contributed by atoms with van der Waals surface area (Å²) in [7, 11) is -1.15. The fraction of sp³-hybridized carbons (Fsp3) is 0.467. The van der Waals surface area contributed by atoms with Gasteiger partial charge in [0.2, 0.25) is 0 Å².